The minimum absolute atomic E-state index is 0.717. The van der Waals surface area contributed by atoms with Crippen LogP contribution < -0.4 is 11.1 Å². The van der Waals surface area contributed by atoms with E-state index in [1.165, 1.54) is 0 Å². The van der Waals surface area contributed by atoms with Crippen molar-refractivity contribution < 1.29 is 4.43 Å². The van der Waals surface area contributed by atoms with Gasteiger partial charge in [-0.15, -0.1) is 0 Å². The Labute approximate surface area is 76.8 Å². The van der Waals surface area contributed by atoms with E-state index in [1.54, 1.807) is 0 Å². The Morgan fingerprint density at radius 3 is 2.42 bits per heavy atom. The molecule has 0 aliphatic heterocycles. The first kappa shape index (κ1) is 12.1. The second kappa shape index (κ2) is 6.60. The highest BCUT2D eigenvalue weighted by Crippen LogP contribution is 2.02. The smallest absolute Gasteiger partial charge is 0.183 e. The topological polar surface area (TPSA) is 47.3 Å². The number of hydrogen-bond acceptors (Lipinski definition) is 3. The minimum atomic E-state index is -1.28. The molecule has 0 fully saturated rings. The van der Waals surface area contributed by atoms with Gasteiger partial charge >= 0.3 is 0 Å². The van der Waals surface area contributed by atoms with Gasteiger partial charge < -0.3 is 15.5 Å². The van der Waals surface area contributed by atoms with E-state index in [0.29, 0.717) is 0 Å². The predicted molar refractivity (Wildman–Crippen MR) is 55.8 cm³/mol. The second-order valence-electron chi connectivity index (χ2n) is 3.85. The van der Waals surface area contributed by atoms with E-state index >= 15 is 0 Å². The van der Waals surface area contributed by atoms with E-state index in [1.807, 2.05) is 0 Å². The van der Waals surface area contributed by atoms with Gasteiger partial charge in [0.05, 0.1) is 0 Å². The van der Waals surface area contributed by atoms with E-state index in [4.69, 9.17) is 10.2 Å². The van der Waals surface area contributed by atoms with Crippen molar-refractivity contribution >= 4 is 8.32 Å². The first-order chi connectivity index (χ1) is 5.56. The van der Waals surface area contributed by atoms with Crippen LogP contribution in [0.3, 0.4) is 0 Å². The van der Waals surface area contributed by atoms with E-state index in [-0.39, 0.29) is 0 Å². The van der Waals surface area contributed by atoms with Crippen LogP contribution in [0, 0.1) is 0 Å². The Bertz CT molecular complexity index is 104. The molecule has 4 heteroatoms. The average molecular weight is 190 g/mol. The molecule has 0 atom stereocenters. The predicted octanol–water partition coefficient (Wildman–Crippen LogP) is 0.776. The van der Waals surface area contributed by atoms with Crippen LogP contribution in [-0.2, 0) is 4.43 Å². The number of nitrogens with one attached hydrogen (secondary N) is 1. The molecule has 3 N–H and O–H groups in total. The standard InChI is InChI=1S/C8H22N2OSi/c1-12(2,3)11-8-4-6-10-7-5-9/h10H,4-9H2,1-3H3. The molecular formula is C8H22N2OSi. The summed E-state index contributed by atoms with van der Waals surface area (Å²) in [5, 5.41) is 3.23. The van der Waals surface area contributed by atoms with Crippen LogP contribution in [-0.4, -0.2) is 34.6 Å². The third kappa shape index (κ3) is 10.1. The number of hydrogen-bond donors (Lipinski definition) is 2. The Balaban J connectivity index is 3.01. The molecule has 0 rings (SSSR count). The van der Waals surface area contributed by atoms with Crippen LogP contribution in [0.4, 0.5) is 0 Å². The van der Waals surface area contributed by atoms with Crippen molar-refractivity contribution in [3.63, 3.8) is 0 Å². The molecule has 0 aliphatic rings. The quantitative estimate of drug-likeness (QED) is 0.461. The van der Waals surface area contributed by atoms with Gasteiger partial charge in [0.2, 0.25) is 0 Å². The number of nitrogens with two attached hydrogens (primary N) is 1. The van der Waals surface area contributed by atoms with Crippen molar-refractivity contribution in [3.05, 3.63) is 0 Å². The first-order valence-corrected chi connectivity index (χ1v) is 8.02. The fourth-order valence-electron chi connectivity index (χ4n) is 0.803. The van der Waals surface area contributed by atoms with Gasteiger partial charge in [0, 0.05) is 19.7 Å². The summed E-state index contributed by atoms with van der Waals surface area (Å²) in [6, 6.07) is 0. The lowest BCUT2D eigenvalue weighted by molar-refractivity contribution is 0.302. The molecule has 3 nitrogen and oxygen atoms in total. The molecule has 12 heavy (non-hydrogen) atoms. The summed E-state index contributed by atoms with van der Waals surface area (Å²) >= 11 is 0. The lowest BCUT2D eigenvalue weighted by Crippen LogP contribution is -2.28. The maximum Gasteiger partial charge on any atom is 0.183 e. The maximum atomic E-state index is 5.68. The lowest BCUT2D eigenvalue weighted by atomic mass is 10.4. The molecule has 0 aromatic heterocycles. The number of rotatable bonds is 7. The van der Waals surface area contributed by atoms with Crippen molar-refractivity contribution in [3.8, 4) is 0 Å². The zero-order valence-corrected chi connectivity index (χ0v) is 9.52. The highest BCUT2D eigenvalue weighted by molar-refractivity contribution is 6.69. The summed E-state index contributed by atoms with van der Waals surface area (Å²) in [4.78, 5) is 0. The zero-order chi connectivity index (χ0) is 9.45. The van der Waals surface area contributed by atoms with E-state index in [2.05, 4.69) is 25.0 Å². The van der Waals surface area contributed by atoms with Crippen molar-refractivity contribution in [2.24, 2.45) is 5.73 Å². The Morgan fingerprint density at radius 1 is 1.25 bits per heavy atom. The third-order valence-corrected chi connectivity index (χ3v) is 2.42. The molecule has 0 saturated heterocycles. The molecule has 0 aromatic carbocycles. The maximum absolute atomic E-state index is 5.68. The summed E-state index contributed by atoms with van der Waals surface area (Å²) in [6.45, 7) is 10.2. The summed E-state index contributed by atoms with van der Waals surface area (Å²) < 4.78 is 5.68. The molecular weight excluding hydrogens is 168 g/mol. The van der Waals surface area contributed by atoms with Crippen molar-refractivity contribution in [2.75, 3.05) is 26.2 Å². The fraction of sp³-hybridized carbons (Fsp3) is 1.00. The summed E-state index contributed by atoms with van der Waals surface area (Å²) in [6.07, 6.45) is 1.09. The van der Waals surface area contributed by atoms with Gasteiger partial charge in [0.15, 0.2) is 8.32 Å². The largest absolute Gasteiger partial charge is 0.418 e. The average Bonchev–Trinajstić information content (AvgIpc) is 1.94. The molecule has 0 aromatic rings. The molecule has 0 radical (unpaired) electrons. The van der Waals surface area contributed by atoms with Crippen LogP contribution in [0.2, 0.25) is 19.6 Å². The monoisotopic (exact) mass is 190 g/mol. The van der Waals surface area contributed by atoms with Gasteiger partial charge in [-0.2, -0.15) is 0 Å². The molecule has 0 amide bonds. The Morgan fingerprint density at radius 2 is 1.92 bits per heavy atom. The summed E-state index contributed by atoms with van der Waals surface area (Å²) in [7, 11) is -1.28. The van der Waals surface area contributed by atoms with Gasteiger partial charge in [0.25, 0.3) is 0 Å². The summed E-state index contributed by atoms with van der Waals surface area (Å²) in [5.74, 6) is 0. The molecule has 0 bridgehead atoms. The van der Waals surface area contributed by atoms with E-state index in [0.717, 1.165) is 32.7 Å². The lowest BCUT2D eigenvalue weighted by Gasteiger charge is -2.16. The van der Waals surface area contributed by atoms with Crippen molar-refractivity contribution in [1.82, 2.24) is 5.32 Å². The van der Waals surface area contributed by atoms with Gasteiger partial charge in [-0.05, 0) is 32.6 Å². The molecule has 0 heterocycles. The molecule has 0 aliphatic carbocycles. The molecule has 74 valence electrons. The van der Waals surface area contributed by atoms with Gasteiger partial charge in [-0.3, -0.25) is 0 Å². The highest BCUT2D eigenvalue weighted by atomic mass is 28.4. The Kier molecular flexibility index (Phi) is 6.65. The van der Waals surface area contributed by atoms with Crippen LogP contribution in [0.1, 0.15) is 6.42 Å². The molecule has 0 spiro atoms. The van der Waals surface area contributed by atoms with Crippen molar-refractivity contribution in [1.29, 1.82) is 0 Å². The zero-order valence-electron chi connectivity index (χ0n) is 8.52. The Hall–Kier alpha value is 0.0969. The van der Waals surface area contributed by atoms with Gasteiger partial charge in [-0.25, -0.2) is 0 Å². The van der Waals surface area contributed by atoms with Crippen LogP contribution in [0.5, 0.6) is 0 Å². The van der Waals surface area contributed by atoms with E-state index < -0.39 is 8.32 Å². The van der Waals surface area contributed by atoms with Crippen molar-refractivity contribution in [2.45, 2.75) is 26.1 Å². The van der Waals surface area contributed by atoms with Crippen LogP contribution in [0.25, 0.3) is 0 Å². The normalized spacial score (nSPS) is 12.0. The van der Waals surface area contributed by atoms with Gasteiger partial charge in [0.1, 0.15) is 0 Å². The van der Waals surface area contributed by atoms with E-state index in [9.17, 15) is 0 Å². The second-order valence-corrected chi connectivity index (χ2v) is 8.37. The fourth-order valence-corrected chi connectivity index (χ4v) is 1.56. The first-order valence-electron chi connectivity index (χ1n) is 4.61. The minimum Gasteiger partial charge on any atom is -0.418 e. The van der Waals surface area contributed by atoms with Crippen LogP contribution in [0.15, 0.2) is 0 Å². The molecule has 0 unspecified atom stereocenters. The molecule has 0 saturated carbocycles. The third-order valence-electron chi connectivity index (χ3n) is 1.35. The summed E-state index contributed by atoms with van der Waals surface area (Å²) in [5.41, 5.74) is 5.33. The highest BCUT2D eigenvalue weighted by Gasteiger charge is 2.12. The van der Waals surface area contributed by atoms with Gasteiger partial charge in [-0.1, -0.05) is 0 Å². The SMILES string of the molecule is C[Si](C)(C)OCCCNCCN. The van der Waals surface area contributed by atoms with Crippen LogP contribution >= 0.6 is 0 Å².